The Morgan fingerprint density at radius 3 is 2.80 bits per heavy atom. The first-order valence-corrected chi connectivity index (χ1v) is 4.53. The smallest absolute Gasteiger partial charge is 0.247 e. The molecule has 0 amide bonds. The predicted molar refractivity (Wildman–Crippen MR) is 54.0 cm³/mol. The van der Waals surface area contributed by atoms with E-state index in [1.807, 2.05) is 13.0 Å². The number of hydrogen-bond acceptors (Lipinski definition) is 5. The minimum absolute atomic E-state index is 0.208. The van der Waals surface area contributed by atoms with Crippen LogP contribution in [-0.2, 0) is 6.54 Å². The van der Waals surface area contributed by atoms with E-state index in [0.717, 1.165) is 5.56 Å². The molecule has 2 aromatic rings. The first-order valence-electron chi connectivity index (χ1n) is 4.53. The van der Waals surface area contributed by atoms with Gasteiger partial charge in [-0.05, 0) is 24.6 Å². The fourth-order valence-electron chi connectivity index (χ4n) is 1.20. The molecular formula is C10H11N3O2. The van der Waals surface area contributed by atoms with Gasteiger partial charge in [0.25, 0.3) is 0 Å². The van der Waals surface area contributed by atoms with Crippen molar-refractivity contribution in [1.29, 1.82) is 0 Å². The molecule has 0 spiro atoms. The van der Waals surface area contributed by atoms with E-state index in [1.54, 1.807) is 12.1 Å². The molecule has 0 aliphatic rings. The third-order valence-corrected chi connectivity index (χ3v) is 2.10. The van der Waals surface area contributed by atoms with Crippen LogP contribution in [0.25, 0.3) is 11.5 Å². The lowest BCUT2D eigenvalue weighted by atomic mass is 10.1. The Hall–Kier alpha value is -1.88. The minimum atomic E-state index is 0.208. The monoisotopic (exact) mass is 205 g/mol. The molecule has 0 aliphatic carbocycles. The molecular weight excluding hydrogens is 194 g/mol. The van der Waals surface area contributed by atoms with Gasteiger partial charge in [-0.15, -0.1) is 10.2 Å². The summed E-state index contributed by atoms with van der Waals surface area (Å²) in [5.41, 5.74) is 6.84. The van der Waals surface area contributed by atoms with Gasteiger partial charge in [0.1, 0.15) is 5.75 Å². The average molecular weight is 205 g/mol. The molecule has 0 fully saturated rings. The summed E-state index contributed by atoms with van der Waals surface area (Å²) >= 11 is 0. The summed E-state index contributed by atoms with van der Waals surface area (Å²) in [4.78, 5) is 0. The lowest BCUT2D eigenvalue weighted by Gasteiger charge is -1.99. The van der Waals surface area contributed by atoms with Crippen LogP contribution in [0.2, 0.25) is 0 Å². The van der Waals surface area contributed by atoms with E-state index in [9.17, 15) is 5.11 Å². The van der Waals surface area contributed by atoms with Crippen molar-refractivity contribution in [2.24, 2.45) is 5.73 Å². The van der Waals surface area contributed by atoms with Crippen molar-refractivity contribution in [2.45, 2.75) is 13.5 Å². The highest BCUT2D eigenvalue weighted by molar-refractivity contribution is 5.56. The van der Waals surface area contributed by atoms with Gasteiger partial charge in [-0.1, -0.05) is 6.07 Å². The maximum atomic E-state index is 9.51. The highest BCUT2D eigenvalue weighted by Gasteiger charge is 2.08. The zero-order valence-electron chi connectivity index (χ0n) is 8.27. The van der Waals surface area contributed by atoms with Gasteiger partial charge in [0.2, 0.25) is 11.8 Å². The van der Waals surface area contributed by atoms with Crippen LogP contribution in [0.15, 0.2) is 22.6 Å². The molecule has 1 aromatic carbocycles. The lowest BCUT2D eigenvalue weighted by molar-refractivity contribution is 0.470. The van der Waals surface area contributed by atoms with Gasteiger partial charge < -0.3 is 15.3 Å². The van der Waals surface area contributed by atoms with Crippen LogP contribution >= 0.6 is 0 Å². The molecule has 0 bridgehead atoms. The number of aromatic nitrogens is 2. The Bertz CT molecular complexity index is 479. The van der Waals surface area contributed by atoms with Gasteiger partial charge >= 0.3 is 0 Å². The molecule has 1 aromatic heterocycles. The van der Waals surface area contributed by atoms with Crippen LogP contribution in [0.5, 0.6) is 5.75 Å². The molecule has 0 radical (unpaired) electrons. The number of rotatable bonds is 2. The predicted octanol–water partition coefficient (Wildman–Crippen LogP) is 1.21. The quantitative estimate of drug-likeness (QED) is 0.769. The molecule has 5 heteroatoms. The zero-order chi connectivity index (χ0) is 10.8. The van der Waals surface area contributed by atoms with Crippen LogP contribution in [0.3, 0.4) is 0 Å². The Kier molecular flexibility index (Phi) is 2.39. The number of benzene rings is 1. The second kappa shape index (κ2) is 3.70. The first kappa shape index (κ1) is 9.67. The van der Waals surface area contributed by atoms with Crippen molar-refractivity contribution in [1.82, 2.24) is 10.2 Å². The van der Waals surface area contributed by atoms with E-state index in [-0.39, 0.29) is 12.3 Å². The Morgan fingerprint density at radius 1 is 1.40 bits per heavy atom. The van der Waals surface area contributed by atoms with E-state index in [1.165, 1.54) is 0 Å². The largest absolute Gasteiger partial charge is 0.508 e. The summed E-state index contributed by atoms with van der Waals surface area (Å²) in [5.74, 6) is 0.954. The summed E-state index contributed by atoms with van der Waals surface area (Å²) in [6, 6.07) is 5.18. The first-order chi connectivity index (χ1) is 7.20. The van der Waals surface area contributed by atoms with Crippen LogP contribution < -0.4 is 5.73 Å². The van der Waals surface area contributed by atoms with E-state index in [2.05, 4.69) is 10.2 Å². The van der Waals surface area contributed by atoms with Gasteiger partial charge in [0.15, 0.2) is 0 Å². The summed E-state index contributed by atoms with van der Waals surface area (Å²) in [6.45, 7) is 2.03. The molecule has 0 saturated carbocycles. The summed E-state index contributed by atoms with van der Waals surface area (Å²) in [7, 11) is 0. The van der Waals surface area contributed by atoms with E-state index >= 15 is 0 Å². The molecule has 1 heterocycles. The lowest BCUT2D eigenvalue weighted by Crippen LogP contribution is -1.95. The molecule has 0 atom stereocenters. The zero-order valence-corrected chi connectivity index (χ0v) is 8.27. The van der Waals surface area contributed by atoms with Crippen LogP contribution in [-0.4, -0.2) is 15.3 Å². The Morgan fingerprint density at radius 2 is 2.20 bits per heavy atom. The topological polar surface area (TPSA) is 85.2 Å². The number of phenols is 1. The van der Waals surface area contributed by atoms with Gasteiger partial charge in [-0.3, -0.25) is 0 Å². The van der Waals surface area contributed by atoms with E-state index in [0.29, 0.717) is 17.3 Å². The van der Waals surface area contributed by atoms with Crippen LogP contribution in [0.4, 0.5) is 0 Å². The number of aromatic hydroxyl groups is 1. The summed E-state index contributed by atoms with van der Waals surface area (Å²) in [5, 5.41) is 17.1. The van der Waals surface area contributed by atoms with Crippen LogP contribution in [0, 0.1) is 6.92 Å². The van der Waals surface area contributed by atoms with Crippen molar-refractivity contribution < 1.29 is 9.52 Å². The van der Waals surface area contributed by atoms with Crippen molar-refractivity contribution in [2.75, 3.05) is 0 Å². The normalized spacial score (nSPS) is 10.5. The fourth-order valence-corrected chi connectivity index (χ4v) is 1.20. The second-order valence-electron chi connectivity index (χ2n) is 3.21. The third kappa shape index (κ3) is 1.82. The molecule has 5 nitrogen and oxygen atoms in total. The minimum Gasteiger partial charge on any atom is -0.508 e. The number of nitrogens with zero attached hydrogens (tertiary/aromatic N) is 2. The molecule has 15 heavy (non-hydrogen) atoms. The van der Waals surface area contributed by atoms with Gasteiger partial charge in [-0.25, -0.2) is 0 Å². The maximum absolute atomic E-state index is 9.51. The molecule has 3 N–H and O–H groups in total. The van der Waals surface area contributed by atoms with Crippen molar-refractivity contribution in [3.63, 3.8) is 0 Å². The van der Waals surface area contributed by atoms with Crippen molar-refractivity contribution in [3.05, 3.63) is 29.7 Å². The SMILES string of the molecule is Cc1ccc(-c2nnc(CN)o2)cc1O. The van der Waals surface area contributed by atoms with Crippen molar-refractivity contribution in [3.8, 4) is 17.2 Å². The number of nitrogens with two attached hydrogens (primary N) is 1. The molecule has 0 saturated heterocycles. The number of hydrogen-bond donors (Lipinski definition) is 2. The highest BCUT2D eigenvalue weighted by Crippen LogP contribution is 2.24. The van der Waals surface area contributed by atoms with Crippen LogP contribution in [0.1, 0.15) is 11.5 Å². The van der Waals surface area contributed by atoms with E-state index in [4.69, 9.17) is 10.2 Å². The fraction of sp³-hybridized carbons (Fsp3) is 0.200. The number of phenolic OH excluding ortho intramolecular Hbond substituents is 1. The van der Waals surface area contributed by atoms with Gasteiger partial charge in [-0.2, -0.15) is 0 Å². The summed E-state index contributed by atoms with van der Waals surface area (Å²) in [6.07, 6.45) is 0. The molecule has 78 valence electrons. The van der Waals surface area contributed by atoms with E-state index < -0.39 is 0 Å². The third-order valence-electron chi connectivity index (χ3n) is 2.10. The molecule has 0 unspecified atom stereocenters. The maximum Gasteiger partial charge on any atom is 0.247 e. The highest BCUT2D eigenvalue weighted by atomic mass is 16.4. The van der Waals surface area contributed by atoms with Gasteiger partial charge in [0.05, 0.1) is 6.54 Å². The molecule has 0 aliphatic heterocycles. The molecule has 2 rings (SSSR count). The summed E-state index contributed by atoms with van der Waals surface area (Å²) < 4.78 is 5.26. The number of aryl methyl sites for hydroxylation is 1. The van der Waals surface area contributed by atoms with Crippen molar-refractivity contribution >= 4 is 0 Å². The Labute approximate surface area is 86.6 Å². The van der Waals surface area contributed by atoms with Gasteiger partial charge in [0, 0.05) is 5.56 Å². The average Bonchev–Trinajstić information content (AvgIpc) is 2.70. The second-order valence-corrected chi connectivity index (χ2v) is 3.21. The Balaban J connectivity index is 2.40. The standard InChI is InChI=1S/C10H11N3O2/c1-6-2-3-7(4-8(6)14)10-13-12-9(5-11)15-10/h2-4,14H,5,11H2,1H3.